The molecule has 0 radical (unpaired) electrons. The molecule has 2 atom stereocenters. The summed E-state index contributed by atoms with van der Waals surface area (Å²) in [5.74, 6) is 0.933. The highest BCUT2D eigenvalue weighted by Crippen LogP contribution is 2.37. The van der Waals surface area contributed by atoms with Crippen LogP contribution < -0.4 is 10.5 Å². The highest BCUT2D eigenvalue weighted by Gasteiger charge is 2.29. The van der Waals surface area contributed by atoms with E-state index >= 15 is 0 Å². The van der Waals surface area contributed by atoms with Gasteiger partial charge in [-0.3, -0.25) is 0 Å². The van der Waals surface area contributed by atoms with Gasteiger partial charge in [-0.1, -0.05) is 22.9 Å². The first-order valence-electron chi connectivity index (χ1n) is 4.44. The van der Waals surface area contributed by atoms with Crippen molar-refractivity contribution < 1.29 is 4.74 Å². The molecule has 2 nitrogen and oxygen atoms in total. The van der Waals surface area contributed by atoms with Crippen molar-refractivity contribution in [1.29, 1.82) is 0 Å². The van der Waals surface area contributed by atoms with Gasteiger partial charge in [0.2, 0.25) is 0 Å². The van der Waals surface area contributed by atoms with Gasteiger partial charge in [0.1, 0.15) is 11.9 Å². The molecule has 0 aliphatic carbocycles. The SMILES string of the molecule is CCC1Oc2ccc(Br)cc2C1N. The van der Waals surface area contributed by atoms with Crippen LogP contribution in [-0.4, -0.2) is 6.10 Å². The second-order valence-corrected chi connectivity index (χ2v) is 4.19. The maximum Gasteiger partial charge on any atom is 0.124 e. The summed E-state index contributed by atoms with van der Waals surface area (Å²) in [6.45, 7) is 2.09. The summed E-state index contributed by atoms with van der Waals surface area (Å²) in [7, 11) is 0. The average Bonchev–Trinajstić information content (AvgIpc) is 2.44. The Balaban J connectivity index is 2.39. The van der Waals surface area contributed by atoms with Crippen molar-refractivity contribution in [2.75, 3.05) is 0 Å². The number of hydrogen-bond donors (Lipinski definition) is 1. The van der Waals surface area contributed by atoms with E-state index in [0.29, 0.717) is 0 Å². The quantitative estimate of drug-likeness (QED) is 0.821. The molecule has 2 unspecified atom stereocenters. The maximum atomic E-state index is 6.02. The molecule has 1 heterocycles. The fourth-order valence-electron chi connectivity index (χ4n) is 1.66. The van der Waals surface area contributed by atoms with Gasteiger partial charge in [-0.05, 0) is 24.6 Å². The molecule has 0 saturated carbocycles. The molecule has 1 aromatic rings. The molecule has 1 aromatic carbocycles. The Kier molecular flexibility index (Phi) is 2.30. The number of rotatable bonds is 1. The molecule has 0 aromatic heterocycles. The van der Waals surface area contributed by atoms with Crippen molar-refractivity contribution in [1.82, 2.24) is 0 Å². The third-order valence-corrected chi connectivity index (χ3v) is 2.91. The Labute approximate surface area is 86.2 Å². The summed E-state index contributed by atoms with van der Waals surface area (Å²) >= 11 is 3.42. The molecule has 0 saturated heterocycles. The summed E-state index contributed by atoms with van der Waals surface area (Å²) in [4.78, 5) is 0. The minimum atomic E-state index is 0.0255. The van der Waals surface area contributed by atoms with Gasteiger partial charge in [0.25, 0.3) is 0 Å². The van der Waals surface area contributed by atoms with Crippen molar-refractivity contribution >= 4 is 15.9 Å². The van der Waals surface area contributed by atoms with Crippen molar-refractivity contribution in [3.63, 3.8) is 0 Å². The molecule has 0 amide bonds. The van der Waals surface area contributed by atoms with Gasteiger partial charge >= 0.3 is 0 Å². The maximum absolute atomic E-state index is 6.02. The predicted octanol–water partition coefficient (Wildman–Crippen LogP) is 2.62. The minimum absolute atomic E-state index is 0.0255. The molecule has 1 aliphatic heterocycles. The smallest absolute Gasteiger partial charge is 0.124 e. The van der Waals surface area contributed by atoms with Gasteiger partial charge in [-0.25, -0.2) is 0 Å². The number of halogens is 1. The second-order valence-electron chi connectivity index (χ2n) is 3.27. The lowest BCUT2D eigenvalue weighted by molar-refractivity contribution is 0.202. The number of nitrogens with two attached hydrogens (primary N) is 1. The Bertz CT molecular complexity index is 327. The largest absolute Gasteiger partial charge is 0.488 e. The molecule has 70 valence electrons. The standard InChI is InChI=1S/C10H12BrNO/c1-2-8-10(12)7-5-6(11)3-4-9(7)13-8/h3-5,8,10H,2,12H2,1H3. The van der Waals surface area contributed by atoms with Crippen molar-refractivity contribution in [3.05, 3.63) is 28.2 Å². The van der Waals surface area contributed by atoms with E-state index in [-0.39, 0.29) is 12.1 Å². The molecule has 0 fully saturated rings. The second kappa shape index (κ2) is 3.31. The molecule has 2 rings (SSSR count). The summed E-state index contributed by atoms with van der Waals surface area (Å²) in [5.41, 5.74) is 7.14. The number of ether oxygens (including phenoxy) is 1. The number of fused-ring (bicyclic) bond motifs is 1. The summed E-state index contributed by atoms with van der Waals surface area (Å²) < 4.78 is 6.73. The lowest BCUT2D eigenvalue weighted by Crippen LogP contribution is -2.24. The first kappa shape index (κ1) is 9.03. The van der Waals surface area contributed by atoms with E-state index < -0.39 is 0 Å². The Morgan fingerprint density at radius 3 is 3.00 bits per heavy atom. The van der Waals surface area contributed by atoms with E-state index in [1.807, 2.05) is 18.2 Å². The van der Waals surface area contributed by atoms with Gasteiger partial charge < -0.3 is 10.5 Å². The van der Waals surface area contributed by atoms with Gasteiger partial charge in [0, 0.05) is 10.0 Å². The first-order chi connectivity index (χ1) is 6.22. The van der Waals surface area contributed by atoms with Crippen LogP contribution in [0.25, 0.3) is 0 Å². The lowest BCUT2D eigenvalue weighted by atomic mass is 10.0. The predicted molar refractivity (Wildman–Crippen MR) is 55.8 cm³/mol. The van der Waals surface area contributed by atoms with Crippen molar-refractivity contribution in [2.24, 2.45) is 5.73 Å². The van der Waals surface area contributed by atoms with Crippen LogP contribution in [0.4, 0.5) is 0 Å². The molecule has 3 heteroatoms. The lowest BCUT2D eigenvalue weighted by Gasteiger charge is -2.11. The summed E-state index contributed by atoms with van der Waals surface area (Å²) in [6.07, 6.45) is 1.09. The zero-order valence-electron chi connectivity index (χ0n) is 7.46. The van der Waals surface area contributed by atoms with Crippen molar-refractivity contribution in [3.8, 4) is 5.75 Å². The van der Waals surface area contributed by atoms with Gasteiger partial charge in [-0.15, -0.1) is 0 Å². The topological polar surface area (TPSA) is 35.2 Å². The van der Waals surface area contributed by atoms with Crippen LogP contribution in [0.15, 0.2) is 22.7 Å². The Morgan fingerprint density at radius 1 is 1.54 bits per heavy atom. The molecule has 1 aliphatic rings. The molecule has 13 heavy (non-hydrogen) atoms. The van der Waals surface area contributed by atoms with Crippen LogP contribution in [0, 0.1) is 0 Å². The third-order valence-electron chi connectivity index (χ3n) is 2.41. The molecule has 0 spiro atoms. The van der Waals surface area contributed by atoms with E-state index in [9.17, 15) is 0 Å². The zero-order valence-corrected chi connectivity index (χ0v) is 9.04. The summed E-state index contributed by atoms with van der Waals surface area (Å²) in [6, 6.07) is 6.01. The molecule has 0 bridgehead atoms. The normalized spacial score (nSPS) is 25.5. The average molecular weight is 242 g/mol. The monoisotopic (exact) mass is 241 g/mol. The third kappa shape index (κ3) is 1.46. The zero-order chi connectivity index (χ0) is 9.42. The van der Waals surface area contributed by atoms with Crippen LogP contribution in [0.1, 0.15) is 24.9 Å². The molecular formula is C10H12BrNO. The van der Waals surface area contributed by atoms with Crippen LogP contribution >= 0.6 is 15.9 Å². The molecular weight excluding hydrogens is 230 g/mol. The van der Waals surface area contributed by atoms with E-state index in [1.54, 1.807) is 0 Å². The van der Waals surface area contributed by atoms with Crippen LogP contribution in [-0.2, 0) is 0 Å². The number of hydrogen-bond acceptors (Lipinski definition) is 2. The Hall–Kier alpha value is -0.540. The van der Waals surface area contributed by atoms with E-state index in [0.717, 1.165) is 22.2 Å². The number of benzene rings is 1. The summed E-state index contributed by atoms with van der Waals surface area (Å²) in [5, 5.41) is 0. The van der Waals surface area contributed by atoms with Crippen LogP contribution in [0.3, 0.4) is 0 Å². The fraction of sp³-hybridized carbons (Fsp3) is 0.400. The van der Waals surface area contributed by atoms with Gasteiger partial charge in [-0.2, -0.15) is 0 Å². The van der Waals surface area contributed by atoms with E-state index in [1.165, 1.54) is 0 Å². The van der Waals surface area contributed by atoms with Crippen LogP contribution in [0.2, 0.25) is 0 Å². The van der Waals surface area contributed by atoms with Gasteiger partial charge in [0.05, 0.1) is 6.04 Å². The highest BCUT2D eigenvalue weighted by molar-refractivity contribution is 9.10. The van der Waals surface area contributed by atoms with Crippen molar-refractivity contribution in [2.45, 2.75) is 25.5 Å². The van der Waals surface area contributed by atoms with Crippen LogP contribution in [0.5, 0.6) is 5.75 Å². The molecule has 2 N–H and O–H groups in total. The van der Waals surface area contributed by atoms with E-state index in [2.05, 4.69) is 22.9 Å². The fourth-order valence-corrected chi connectivity index (χ4v) is 2.04. The first-order valence-corrected chi connectivity index (χ1v) is 5.23. The van der Waals surface area contributed by atoms with Gasteiger partial charge in [0.15, 0.2) is 0 Å². The minimum Gasteiger partial charge on any atom is -0.488 e. The Morgan fingerprint density at radius 2 is 2.31 bits per heavy atom. The highest BCUT2D eigenvalue weighted by atomic mass is 79.9. The van der Waals surface area contributed by atoms with E-state index in [4.69, 9.17) is 10.5 Å².